The highest BCUT2D eigenvalue weighted by Gasteiger charge is 2.23. The average molecular weight is 297 g/mol. The van der Waals surface area contributed by atoms with Gasteiger partial charge in [0, 0.05) is 24.2 Å². The first kappa shape index (κ1) is 15.3. The minimum absolute atomic E-state index is 0.0775. The standard InChI is InChI=1S/C15H21ClN2O2/c1-11(13-4-3-5-14(16)10-13)17-12(2)15(19)18-6-8-20-9-7-18/h3-5,10-12,17H,6-9H2,1-2H3/t11-,12+/m0/s1. The summed E-state index contributed by atoms with van der Waals surface area (Å²) in [5.41, 5.74) is 1.08. The van der Waals surface area contributed by atoms with Crippen LogP contribution in [0, 0.1) is 0 Å². The van der Waals surface area contributed by atoms with Gasteiger partial charge in [-0.1, -0.05) is 23.7 Å². The molecular formula is C15H21ClN2O2. The molecule has 4 nitrogen and oxygen atoms in total. The monoisotopic (exact) mass is 296 g/mol. The Hall–Kier alpha value is -1.10. The summed E-state index contributed by atoms with van der Waals surface area (Å²) in [7, 11) is 0. The van der Waals surface area contributed by atoms with Crippen molar-refractivity contribution in [2.24, 2.45) is 0 Å². The summed E-state index contributed by atoms with van der Waals surface area (Å²) in [4.78, 5) is 14.2. The zero-order chi connectivity index (χ0) is 14.5. The highest BCUT2D eigenvalue weighted by atomic mass is 35.5. The third-order valence-corrected chi connectivity index (χ3v) is 3.78. The number of hydrogen-bond acceptors (Lipinski definition) is 3. The number of halogens is 1. The fraction of sp³-hybridized carbons (Fsp3) is 0.533. The topological polar surface area (TPSA) is 41.6 Å². The maximum atomic E-state index is 12.3. The van der Waals surface area contributed by atoms with Crippen LogP contribution in [0.4, 0.5) is 0 Å². The van der Waals surface area contributed by atoms with Crippen LogP contribution in [0.1, 0.15) is 25.5 Å². The fourth-order valence-corrected chi connectivity index (χ4v) is 2.57. The molecule has 1 aliphatic heterocycles. The molecule has 2 atom stereocenters. The van der Waals surface area contributed by atoms with Crippen LogP contribution in [0.25, 0.3) is 0 Å². The summed E-state index contributed by atoms with van der Waals surface area (Å²) in [6.07, 6.45) is 0. The van der Waals surface area contributed by atoms with Crippen molar-refractivity contribution in [2.45, 2.75) is 25.9 Å². The van der Waals surface area contributed by atoms with Gasteiger partial charge in [-0.25, -0.2) is 0 Å². The molecule has 0 aliphatic carbocycles. The van der Waals surface area contributed by atoms with E-state index in [1.165, 1.54) is 0 Å². The summed E-state index contributed by atoms with van der Waals surface area (Å²) in [6.45, 7) is 6.55. The summed E-state index contributed by atoms with van der Waals surface area (Å²) in [5, 5.41) is 4.04. The van der Waals surface area contributed by atoms with Crippen LogP contribution >= 0.6 is 11.6 Å². The Morgan fingerprint density at radius 2 is 2.05 bits per heavy atom. The smallest absolute Gasteiger partial charge is 0.239 e. The number of morpholine rings is 1. The number of ether oxygens (including phenoxy) is 1. The Bertz CT molecular complexity index is 461. The maximum absolute atomic E-state index is 12.3. The van der Waals surface area contributed by atoms with Gasteiger partial charge in [0.1, 0.15) is 0 Å². The highest BCUT2D eigenvalue weighted by molar-refractivity contribution is 6.30. The number of nitrogens with zero attached hydrogens (tertiary/aromatic N) is 1. The molecule has 1 amide bonds. The lowest BCUT2D eigenvalue weighted by Gasteiger charge is -2.30. The van der Waals surface area contributed by atoms with E-state index >= 15 is 0 Å². The van der Waals surface area contributed by atoms with E-state index in [2.05, 4.69) is 5.32 Å². The van der Waals surface area contributed by atoms with Gasteiger partial charge < -0.3 is 9.64 Å². The largest absolute Gasteiger partial charge is 0.378 e. The first-order valence-electron chi connectivity index (χ1n) is 6.96. The van der Waals surface area contributed by atoms with Gasteiger partial charge >= 0.3 is 0 Å². The minimum Gasteiger partial charge on any atom is -0.378 e. The fourth-order valence-electron chi connectivity index (χ4n) is 2.38. The van der Waals surface area contributed by atoms with Crippen molar-refractivity contribution in [3.63, 3.8) is 0 Å². The molecular weight excluding hydrogens is 276 g/mol. The predicted octanol–water partition coefficient (Wildman–Crippen LogP) is 2.24. The molecule has 5 heteroatoms. The van der Waals surface area contributed by atoms with E-state index in [1.54, 1.807) is 0 Å². The van der Waals surface area contributed by atoms with Gasteiger partial charge in [0.2, 0.25) is 5.91 Å². The van der Waals surface area contributed by atoms with Gasteiger partial charge in [0.25, 0.3) is 0 Å². The number of hydrogen-bond donors (Lipinski definition) is 1. The molecule has 0 unspecified atom stereocenters. The van der Waals surface area contributed by atoms with Gasteiger partial charge in [-0.15, -0.1) is 0 Å². The molecule has 1 aliphatic rings. The van der Waals surface area contributed by atoms with Gasteiger partial charge in [0.15, 0.2) is 0 Å². The van der Waals surface area contributed by atoms with Crippen molar-refractivity contribution < 1.29 is 9.53 Å². The molecule has 0 bridgehead atoms. The number of carbonyl (C=O) groups is 1. The third-order valence-electron chi connectivity index (χ3n) is 3.54. The lowest BCUT2D eigenvalue weighted by atomic mass is 10.1. The van der Waals surface area contributed by atoms with Crippen LogP contribution in [-0.4, -0.2) is 43.2 Å². The Morgan fingerprint density at radius 3 is 2.70 bits per heavy atom. The van der Waals surface area contributed by atoms with Crippen LogP contribution < -0.4 is 5.32 Å². The molecule has 0 spiro atoms. The molecule has 0 radical (unpaired) electrons. The maximum Gasteiger partial charge on any atom is 0.239 e. The second kappa shape index (κ2) is 7.07. The van der Waals surface area contributed by atoms with Crippen molar-refractivity contribution in [2.75, 3.05) is 26.3 Å². The normalized spacial score (nSPS) is 18.6. The quantitative estimate of drug-likeness (QED) is 0.926. The predicted molar refractivity (Wildman–Crippen MR) is 79.9 cm³/mol. The van der Waals surface area contributed by atoms with Crippen molar-refractivity contribution in [1.29, 1.82) is 0 Å². The summed E-state index contributed by atoms with van der Waals surface area (Å²) in [5.74, 6) is 0.127. The van der Waals surface area contributed by atoms with Gasteiger partial charge in [-0.2, -0.15) is 0 Å². The van der Waals surface area contributed by atoms with E-state index < -0.39 is 0 Å². The molecule has 1 heterocycles. The third kappa shape index (κ3) is 3.95. The van der Waals surface area contributed by atoms with E-state index in [-0.39, 0.29) is 18.0 Å². The molecule has 1 saturated heterocycles. The second-order valence-corrected chi connectivity index (χ2v) is 5.54. The number of benzene rings is 1. The molecule has 1 aromatic carbocycles. The van der Waals surface area contributed by atoms with Crippen LogP contribution in [0.5, 0.6) is 0 Å². The molecule has 110 valence electrons. The van der Waals surface area contributed by atoms with Crippen LogP contribution in [-0.2, 0) is 9.53 Å². The molecule has 1 N–H and O–H groups in total. The Balaban J connectivity index is 1.92. The van der Waals surface area contributed by atoms with Crippen LogP contribution in [0.3, 0.4) is 0 Å². The molecule has 2 rings (SSSR count). The Labute approximate surface area is 125 Å². The minimum atomic E-state index is -0.220. The molecule has 20 heavy (non-hydrogen) atoms. The average Bonchev–Trinajstić information content (AvgIpc) is 2.47. The second-order valence-electron chi connectivity index (χ2n) is 5.10. The first-order valence-corrected chi connectivity index (χ1v) is 7.34. The number of amides is 1. The van der Waals surface area contributed by atoms with Gasteiger partial charge in [0.05, 0.1) is 19.3 Å². The van der Waals surface area contributed by atoms with Gasteiger partial charge in [-0.3, -0.25) is 10.1 Å². The lowest BCUT2D eigenvalue weighted by Crippen LogP contribution is -2.49. The zero-order valence-corrected chi connectivity index (χ0v) is 12.7. The van der Waals surface area contributed by atoms with Gasteiger partial charge in [-0.05, 0) is 31.5 Å². The van der Waals surface area contributed by atoms with Crippen molar-refractivity contribution in [3.05, 3.63) is 34.9 Å². The molecule has 1 aromatic rings. The van der Waals surface area contributed by atoms with Crippen LogP contribution in [0.2, 0.25) is 5.02 Å². The van der Waals surface area contributed by atoms with E-state index in [1.807, 2.05) is 43.0 Å². The molecule has 1 fully saturated rings. The first-order chi connectivity index (χ1) is 9.58. The summed E-state index contributed by atoms with van der Waals surface area (Å²) in [6, 6.07) is 7.56. The highest BCUT2D eigenvalue weighted by Crippen LogP contribution is 2.18. The number of carbonyl (C=O) groups excluding carboxylic acids is 1. The van der Waals surface area contributed by atoms with E-state index in [4.69, 9.17) is 16.3 Å². The van der Waals surface area contributed by atoms with E-state index in [0.29, 0.717) is 31.3 Å². The zero-order valence-electron chi connectivity index (χ0n) is 11.9. The SMILES string of the molecule is C[C@H](N[C@H](C)C(=O)N1CCOCC1)c1cccc(Cl)c1. The Morgan fingerprint density at radius 1 is 1.35 bits per heavy atom. The van der Waals surface area contributed by atoms with Crippen molar-refractivity contribution >= 4 is 17.5 Å². The molecule has 0 aromatic heterocycles. The molecule has 0 saturated carbocycles. The van der Waals surface area contributed by atoms with E-state index in [9.17, 15) is 4.79 Å². The lowest BCUT2D eigenvalue weighted by molar-refractivity contribution is -0.137. The van der Waals surface area contributed by atoms with Crippen molar-refractivity contribution in [3.8, 4) is 0 Å². The number of nitrogens with one attached hydrogen (secondary N) is 1. The summed E-state index contributed by atoms with van der Waals surface area (Å²) < 4.78 is 5.26. The van der Waals surface area contributed by atoms with Crippen LogP contribution in [0.15, 0.2) is 24.3 Å². The Kier molecular flexibility index (Phi) is 5.40. The number of rotatable bonds is 4. The van der Waals surface area contributed by atoms with Crippen molar-refractivity contribution in [1.82, 2.24) is 10.2 Å². The summed E-state index contributed by atoms with van der Waals surface area (Å²) >= 11 is 5.99. The van der Waals surface area contributed by atoms with E-state index in [0.717, 1.165) is 5.56 Å².